The number of fused-ring (bicyclic) bond motifs is 1. The van der Waals surface area contributed by atoms with Crippen LogP contribution < -0.4 is 5.32 Å². The third-order valence-electron chi connectivity index (χ3n) is 3.53. The zero-order chi connectivity index (χ0) is 16.8. The molecule has 0 bridgehead atoms. The minimum atomic E-state index is -0.481. The van der Waals surface area contributed by atoms with Gasteiger partial charge in [-0.2, -0.15) is 0 Å². The molecule has 0 fully saturated rings. The average Bonchev–Trinajstić information content (AvgIpc) is 2.64. The van der Waals surface area contributed by atoms with E-state index >= 15 is 0 Å². The summed E-state index contributed by atoms with van der Waals surface area (Å²) in [5, 5.41) is 3.33. The van der Waals surface area contributed by atoms with E-state index in [-0.39, 0.29) is 19.1 Å². The third kappa shape index (κ3) is 3.76. The van der Waals surface area contributed by atoms with Crippen LogP contribution in [-0.4, -0.2) is 23.4 Å². The molecule has 5 nitrogen and oxygen atoms in total. The van der Waals surface area contributed by atoms with Crippen molar-refractivity contribution < 1.29 is 14.3 Å². The summed E-state index contributed by atoms with van der Waals surface area (Å²) in [5.41, 5.74) is 2.12. The van der Waals surface area contributed by atoms with Crippen molar-refractivity contribution in [1.82, 2.24) is 10.3 Å². The molecule has 1 heterocycles. The topological polar surface area (TPSA) is 68.3 Å². The Bertz CT molecular complexity index is 857. The van der Waals surface area contributed by atoms with E-state index in [2.05, 4.69) is 10.3 Å². The van der Waals surface area contributed by atoms with E-state index in [0.29, 0.717) is 5.56 Å². The molecule has 0 radical (unpaired) electrons. The fraction of sp³-hybridized carbons (Fsp3) is 0.105. The van der Waals surface area contributed by atoms with Crippen LogP contribution in [0.15, 0.2) is 66.9 Å². The highest BCUT2D eigenvalue weighted by atomic mass is 16.5. The van der Waals surface area contributed by atoms with Gasteiger partial charge in [-0.15, -0.1) is 0 Å². The van der Waals surface area contributed by atoms with Crippen LogP contribution >= 0.6 is 0 Å². The van der Waals surface area contributed by atoms with Crippen molar-refractivity contribution >= 4 is 22.8 Å². The lowest BCUT2D eigenvalue weighted by Gasteiger charge is -2.08. The van der Waals surface area contributed by atoms with Crippen LogP contribution in [0.1, 0.15) is 15.9 Å². The van der Waals surface area contributed by atoms with Gasteiger partial charge in [0.1, 0.15) is 13.2 Å². The van der Waals surface area contributed by atoms with E-state index in [1.165, 1.54) is 0 Å². The molecule has 0 atom stereocenters. The quantitative estimate of drug-likeness (QED) is 0.734. The van der Waals surface area contributed by atoms with E-state index in [4.69, 9.17) is 4.74 Å². The Morgan fingerprint density at radius 1 is 0.958 bits per heavy atom. The number of hydrogen-bond donors (Lipinski definition) is 1. The summed E-state index contributed by atoms with van der Waals surface area (Å²) in [6.07, 6.45) is 1.57. The predicted molar refractivity (Wildman–Crippen MR) is 90.3 cm³/mol. The van der Waals surface area contributed by atoms with Gasteiger partial charge in [-0.1, -0.05) is 48.5 Å². The maximum Gasteiger partial charge on any atom is 0.325 e. The minimum Gasteiger partial charge on any atom is -0.460 e. The molecule has 24 heavy (non-hydrogen) atoms. The zero-order valence-corrected chi connectivity index (χ0v) is 12.9. The molecule has 1 aromatic heterocycles. The number of aromatic nitrogens is 1. The molecule has 3 rings (SSSR count). The van der Waals surface area contributed by atoms with Crippen molar-refractivity contribution in [2.75, 3.05) is 6.54 Å². The van der Waals surface area contributed by atoms with E-state index < -0.39 is 5.97 Å². The standard InChI is InChI=1S/C19H16N2O3/c22-18(24-13-14-6-2-1-3-7-14)12-21-19(23)16-10-11-20-17-9-5-4-8-15(16)17/h1-11H,12-13H2,(H,21,23). The Kier molecular flexibility index (Phi) is 4.81. The van der Waals surface area contributed by atoms with E-state index in [9.17, 15) is 9.59 Å². The molecule has 0 saturated carbocycles. The molecule has 0 aliphatic carbocycles. The fourth-order valence-corrected chi connectivity index (χ4v) is 2.33. The number of carbonyl (C=O) groups excluding carboxylic acids is 2. The van der Waals surface area contributed by atoms with Gasteiger partial charge < -0.3 is 10.1 Å². The second-order valence-corrected chi connectivity index (χ2v) is 5.20. The molecule has 3 aromatic rings. The molecule has 120 valence electrons. The lowest BCUT2D eigenvalue weighted by Crippen LogP contribution is -2.30. The lowest BCUT2D eigenvalue weighted by molar-refractivity contribution is -0.143. The number of para-hydroxylation sites is 1. The number of pyridine rings is 1. The first-order chi connectivity index (χ1) is 11.7. The molecule has 5 heteroatoms. The summed E-state index contributed by atoms with van der Waals surface area (Å²) in [6, 6.07) is 18.4. The number of nitrogens with zero attached hydrogens (tertiary/aromatic N) is 1. The molecule has 0 spiro atoms. The second-order valence-electron chi connectivity index (χ2n) is 5.20. The first kappa shape index (κ1) is 15.7. The van der Waals surface area contributed by atoms with Crippen molar-refractivity contribution in [2.24, 2.45) is 0 Å². The summed E-state index contributed by atoms with van der Waals surface area (Å²) in [4.78, 5) is 28.3. The van der Waals surface area contributed by atoms with Crippen LogP contribution in [0.25, 0.3) is 10.9 Å². The number of nitrogens with one attached hydrogen (secondary N) is 1. The maximum absolute atomic E-state index is 12.3. The monoisotopic (exact) mass is 320 g/mol. The van der Waals surface area contributed by atoms with Gasteiger partial charge in [-0.3, -0.25) is 14.6 Å². The third-order valence-corrected chi connectivity index (χ3v) is 3.53. The predicted octanol–water partition coefficient (Wildman–Crippen LogP) is 2.71. The number of rotatable bonds is 5. The van der Waals surface area contributed by atoms with Gasteiger partial charge >= 0.3 is 5.97 Å². The average molecular weight is 320 g/mol. The van der Waals surface area contributed by atoms with Crippen molar-refractivity contribution in [3.8, 4) is 0 Å². The highest BCUT2D eigenvalue weighted by molar-refractivity contribution is 6.06. The first-order valence-corrected chi connectivity index (χ1v) is 7.55. The number of hydrogen-bond acceptors (Lipinski definition) is 4. The van der Waals surface area contributed by atoms with Crippen molar-refractivity contribution in [3.63, 3.8) is 0 Å². The minimum absolute atomic E-state index is 0.178. The van der Waals surface area contributed by atoms with Gasteiger partial charge in [0.15, 0.2) is 0 Å². The first-order valence-electron chi connectivity index (χ1n) is 7.55. The molecule has 2 aromatic carbocycles. The summed E-state index contributed by atoms with van der Waals surface area (Å²) >= 11 is 0. The second kappa shape index (κ2) is 7.37. The van der Waals surface area contributed by atoms with Gasteiger partial charge in [0, 0.05) is 11.6 Å². The van der Waals surface area contributed by atoms with Crippen molar-refractivity contribution in [2.45, 2.75) is 6.61 Å². The molecule has 1 amide bonds. The summed E-state index contributed by atoms with van der Waals surface area (Å²) in [5.74, 6) is -0.809. The number of benzene rings is 2. The molecular formula is C19H16N2O3. The lowest BCUT2D eigenvalue weighted by atomic mass is 10.1. The van der Waals surface area contributed by atoms with Crippen molar-refractivity contribution in [3.05, 3.63) is 78.0 Å². The fourth-order valence-electron chi connectivity index (χ4n) is 2.33. The molecule has 0 aliphatic heterocycles. The van der Waals surface area contributed by atoms with Crippen molar-refractivity contribution in [1.29, 1.82) is 0 Å². The van der Waals surface area contributed by atoms with Gasteiger partial charge in [-0.25, -0.2) is 0 Å². The Hall–Kier alpha value is -3.21. The molecule has 0 saturated heterocycles. The maximum atomic E-state index is 12.3. The van der Waals surface area contributed by atoms with Gasteiger partial charge in [-0.05, 0) is 17.7 Å². The molecule has 1 N–H and O–H groups in total. The SMILES string of the molecule is O=C(CNC(=O)c1ccnc2ccccc12)OCc1ccccc1. The number of carbonyl (C=O) groups is 2. The Balaban J connectivity index is 1.58. The largest absolute Gasteiger partial charge is 0.460 e. The van der Waals surface area contributed by atoms with E-state index in [0.717, 1.165) is 16.5 Å². The highest BCUT2D eigenvalue weighted by Crippen LogP contribution is 2.15. The number of esters is 1. The molecule has 0 unspecified atom stereocenters. The smallest absolute Gasteiger partial charge is 0.325 e. The van der Waals surface area contributed by atoms with E-state index in [1.807, 2.05) is 54.6 Å². The van der Waals surface area contributed by atoms with Crippen LogP contribution in [0.3, 0.4) is 0 Å². The Morgan fingerprint density at radius 2 is 1.71 bits per heavy atom. The zero-order valence-electron chi connectivity index (χ0n) is 12.9. The van der Waals surface area contributed by atoms with Crippen LogP contribution in [0.4, 0.5) is 0 Å². The summed E-state index contributed by atoms with van der Waals surface area (Å²) in [7, 11) is 0. The number of ether oxygens (including phenoxy) is 1. The van der Waals surface area contributed by atoms with Gasteiger partial charge in [0.05, 0.1) is 11.1 Å². The Labute approximate surface area is 139 Å². The van der Waals surface area contributed by atoms with E-state index in [1.54, 1.807) is 12.3 Å². The van der Waals surface area contributed by atoms with Gasteiger partial charge in [0.25, 0.3) is 5.91 Å². The summed E-state index contributed by atoms with van der Waals surface area (Å²) in [6.45, 7) is 0.00997. The van der Waals surface area contributed by atoms with Crippen LogP contribution in [0.2, 0.25) is 0 Å². The van der Waals surface area contributed by atoms with Gasteiger partial charge in [0.2, 0.25) is 0 Å². The molecular weight excluding hydrogens is 304 g/mol. The number of amides is 1. The molecule has 0 aliphatic rings. The Morgan fingerprint density at radius 3 is 2.54 bits per heavy atom. The highest BCUT2D eigenvalue weighted by Gasteiger charge is 2.12. The van der Waals surface area contributed by atoms with Crippen LogP contribution in [0.5, 0.6) is 0 Å². The summed E-state index contributed by atoms with van der Waals surface area (Å²) < 4.78 is 5.14. The van der Waals surface area contributed by atoms with Crippen LogP contribution in [-0.2, 0) is 16.1 Å². The normalized spacial score (nSPS) is 10.3. The van der Waals surface area contributed by atoms with Crippen LogP contribution in [0, 0.1) is 0 Å².